The Morgan fingerprint density at radius 1 is 1.09 bits per heavy atom. The van der Waals surface area contributed by atoms with Gasteiger partial charge in [0.15, 0.2) is 0 Å². The predicted octanol–water partition coefficient (Wildman–Crippen LogP) is 3.44. The lowest BCUT2D eigenvalue weighted by molar-refractivity contribution is 0.160. The van der Waals surface area contributed by atoms with Gasteiger partial charge >= 0.3 is 0 Å². The molecule has 11 heavy (non-hydrogen) atoms. The van der Waals surface area contributed by atoms with E-state index in [-0.39, 0.29) is 4.87 Å². The van der Waals surface area contributed by atoms with Crippen LogP contribution in [0.5, 0.6) is 0 Å². The first-order valence-corrected chi connectivity index (χ1v) is 5.03. The standard InChI is InChI=1S/C10H17Cl/c1-9(2)7-4-5-8(6-7)10(9,3)11/h7-8H,4-6H2,1-3H3. The molecule has 2 aliphatic carbocycles. The topological polar surface area (TPSA) is 0 Å². The lowest BCUT2D eigenvalue weighted by atomic mass is 9.69. The van der Waals surface area contributed by atoms with Crippen LogP contribution in [0.4, 0.5) is 0 Å². The summed E-state index contributed by atoms with van der Waals surface area (Å²) in [7, 11) is 0. The summed E-state index contributed by atoms with van der Waals surface area (Å²) < 4.78 is 0. The van der Waals surface area contributed by atoms with E-state index in [1.807, 2.05) is 0 Å². The van der Waals surface area contributed by atoms with E-state index in [4.69, 9.17) is 11.6 Å². The Balaban J connectivity index is 2.36. The second-order valence-electron chi connectivity index (χ2n) is 5.00. The van der Waals surface area contributed by atoms with Crippen molar-refractivity contribution in [3.05, 3.63) is 0 Å². The van der Waals surface area contributed by atoms with Crippen molar-refractivity contribution in [3.63, 3.8) is 0 Å². The average molecular weight is 173 g/mol. The molecule has 2 saturated carbocycles. The van der Waals surface area contributed by atoms with Crippen LogP contribution in [0.25, 0.3) is 0 Å². The third-order valence-corrected chi connectivity index (χ3v) is 5.28. The van der Waals surface area contributed by atoms with Crippen molar-refractivity contribution >= 4 is 11.6 Å². The quantitative estimate of drug-likeness (QED) is 0.491. The molecule has 64 valence electrons. The summed E-state index contributed by atoms with van der Waals surface area (Å²) in [6, 6.07) is 0. The maximum Gasteiger partial charge on any atom is 0.0500 e. The van der Waals surface area contributed by atoms with Gasteiger partial charge < -0.3 is 0 Å². The van der Waals surface area contributed by atoms with Crippen LogP contribution >= 0.6 is 11.6 Å². The first-order chi connectivity index (χ1) is 4.96. The Hall–Kier alpha value is 0.290. The first kappa shape index (κ1) is 7.91. The molecule has 0 nitrogen and oxygen atoms in total. The van der Waals surface area contributed by atoms with Crippen molar-refractivity contribution < 1.29 is 0 Å². The number of halogens is 1. The van der Waals surface area contributed by atoms with E-state index in [2.05, 4.69) is 20.8 Å². The lowest BCUT2D eigenvalue weighted by Crippen LogP contribution is -2.41. The SMILES string of the molecule is CC1(C)C2CCC(C2)C1(C)Cl. The third kappa shape index (κ3) is 0.771. The zero-order chi connectivity index (χ0) is 8.28. The second-order valence-corrected chi connectivity index (χ2v) is 5.79. The normalized spacial score (nSPS) is 53.5. The maximum absolute atomic E-state index is 6.56. The molecule has 2 bridgehead atoms. The summed E-state index contributed by atoms with van der Waals surface area (Å²) in [6.07, 6.45) is 4.17. The number of hydrogen-bond donors (Lipinski definition) is 0. The van der Waals surface area contributed by atoms with Gasteiger partial charge in [0.25, 0.3) is 0 Å². The van der Waals surface area contributed by atoms with Gasteiger partial charge in [0, 0.05) is 4.87 Å². The fourth-order valence-corrected chi connectivity index (χ4v) is 3.41. The molecule has 0 spiro atoms. The van der Waals surface area contributed by atoms with E-state index in [1.54, 1.807) is 0 Å². The van der Waals surface area contributed by atoms with Crippen molar-refractivity contribution in [3.8, 4) is 0 Å². The van der Waals surface area contributed by atoms with Crippen LogP contribution in [0.3, 0.4) is 0 Å². The summed E-state index contributed by atoms with van der Waals surface area (Å²) >= 11 is 6.56. The van der Waals surface area contributed by atoms with E-state index in [9.17, 15) is 0 Å². The summed E-state index contributed by atoms with van der Waals surface area (Å²) in [5.41, 5.74) is 0.372. The molecule has 3 unspecified atom stereocenters. The molecule has 0 aromatic carbocycles. The molecule has 0 aromatic rings. The predicted molar refractivity (Wildman–Crippen MR) is 48.9 cm³/mol. The molecule has 0 heterocycles. The molecule has 0 aromatic heterocycles. The van der Waals surface area contributed by atoms with Crippen LogP contribution in [0.1, 0.15) is 40.0 Å². The molecule has 0 saturated heterocycles. The van der Waals surface area contributed by atoms with Crippen molar-refractivity contribution in [2.75, 3.05) is 0 Å². The monoisotopic (exact) mass is 172 g/mol. The van der Waals surface area contributed by atoms with Crippen LogP contribution in [0, 0.1) is 17.3 Å². The van der Waals surface area contributed by atoms with Crippen LogP contribution in [-0.2, 0) is 0 Å². The molecule has 2 aliphatic rings. The molecule has 0 amide bonds. The van der Waals surface area contributed by atoms with E-state index in [0.29, 0.717) is 5.41 Å². The minimum atomic E-state index is 0.0793. The minimum Gasteiger partial charge on any atom is -0.119 e. The highest BCUT2D eigenvalue weighted by Crippen LogP contribution is 2.64. The van der Waals surface area contributed by atoms with Gasteiger partial charge in [0.1, 0.15) is 0 Å². The van der Waals surface area contributed by atoms with E-state index in [0.717, 1.165) is 11.8 Å². The van der Waals surface area contributed by atoms with Gasteiger partial charge in [-0.25, -0.2) is 0 Å². The number of alkyl halides is 1. The third-order valence-electron chi connectivity index (χ3n) is 4.48. The number of hydrogen-bond acceptors (Lipinski definition) is 0. The summed E-state index contributed by atoms with van der Waals surface area (Å²) in [5.74, 6) is 1.69. The molecular weight excluding hydrogens is 156 g/mol. The molecule has 1 heteroatoms. The van der Waals surface area contributed by atoms with E-state index < -0.39 is 0 Å². The van der Waals surface area contributed by atoms with Crippen LogP contribution in [0.15, 0.2) is 0 Å². The van der Waals surface area contributed by atoms with Crippen molar-refractivity contribution in [1.29, 1.82) is 0 Å². The van der Waals surface area contributed by atoms with Gasteiger partial charge in [-0.15, -0.1) is 11.6 Å². The molecule has 0 radical (unpaired) electrons. The highest BCUT2D eigenvalue weighted by Gasteiger charge is 2.59. The smallest absolute Gasteiger partial charge is 0.0500 e. The van der Waals surface area contributed by atoms with Crippen molar-refractivity contribution in [1.82, 2.24) is 0 Å². The highest BCUT2D eigenvalue weighted by atomic mass is 35.5. The number of fused-ring (bicyclic) bond motifs is 2. The summed E-state index contributed by atoms with van der Waals surface area (Å²) in [6.45, 7) is 6.91. The van der Waals surface area contributed by atoms with Crippen LogP contribution in [0.2, 0.25) is 0 Å². The molecule has 2 rings (SSSR count). The van der Waals surface area contributed by atoms with Gasteiger partial charge in [-0.05, 0) is 43.4 Å². The summed E-state index contributed by atoms with van der Waals surface area (Å²) in [5, 5.41) is 0. The minimum absolute atomic E-state index is 0.0793. The van der Waals surface area contributed by atoms with Gasteiger partial charge in [-0.2, -0.15) is 0 Å². The van der Waals surface area contributed by atoms with Gasteiger partial charge in [-0.1, -0.05) is 13.8 Å². The van der Waals surface area contributed by atoms with E-state index >= 15 is 0 Å². The van der Waals surface area contributed by atoms with E-state index in [1.165, 1.54) is 19.3 Å². The maximum atomic E-state index is 6.56. The largest absolute Gasteiger partial charge is 0.119 e. The zero-order valence-electron chi connectivity index (χ0n) is 7.65. The van der Waals surface area contributed by atoms with Crippen LogP contribution in [-0.4, -0.2) is 4.87 Å². The fraction of sp³-hybridized carbons (Fsp3) is 1.00. The molecule has 0 N–H and O–H groups in total. The van der Waals surface area contributed by atoms with Crippen LogP contribution < -0.4 is 0 Å². The fourth-order valence-electron chi connectivity index (χ4n) is 3.05. The van der Waals surface area contributed by atoms with Crippen molar-refractivity contribution in [2.45, 2.75) is 44.9 Å². The first-order valence-electron chi connectivity index (χ1n) is 4.65. The zero-order valence-corrected chi connectivity index (χ0v) is 8.41. The average Bonchev–Trinajstić information content (AvgIpc) is 2.37. The van der Waals surface area contributed by atoms with Gasteiger partial charge in [0.05, 0.1) is 0 Å². The Kier molecular flexibility index (Phi) is 1.41. The molecule has 0 aliphatic heterocycles. The summed E-state index contributed by atoms with van der Waals surface area (Å²) in [4.78, 5) is 0.0793. The Bertz CT molecular complexity index is 161. The Morgan fingerprint density at radius 2 is 1.64 bits per heavy atom. The Morgan fingerprint density at radius 3 is 1.91 bits per heavy atom. The molecule has 3 atom stereocenters. The molecular formula is C10H17Cl. The molecule has 2 fully saturated rings. The van der Waals surface area contributed by atoms with Crippen molar-refractivity contribution in [2.24, 2.45) is 17.3 Å². The van der Waals surface area contributed by atoms with Gasteiger partial charge in [0.2, 0.25) is 0 Å². The Labute approximate surface area is 74.3 Å². The second kappa shape index (κ2) is 1.96. The van der Waals surface area contributed by atoms with Gasteiger partial charge in [-0.3, -0.25) is 0 Å². The highest BCUT2D eigenvalue weighted by molar-refractivity contribution is 6.24. The lowest BCUT2D eigenvalue weighted by Gasteiger charge is -2.43. The number of rotatable bonds is 0.